The average molecular weight is 588 g/mol. The summed E-state index contributed by atoms with van der Waals surface area (Å²) in [4.78, 5) is 37.3. The zero-order valence-corrected chi connectivity index (χ0v) is 23.7. The van der Waals surface area contributed by atoms with Crippen LogP contribution in [0.3, 0.4) is 0 Å². The maximum Gasteiger partial charge on any atom is 0.348 e. The highest BCUT2D eigenvalue weighted by molar-refractivity contribution is 7.99. The van der Waals surface area contributed by atoms with Gasteiger partial charge in [0.15, 0.2) is 17.1 Å². The molecule has 3 aromatic rings. The first-order valence-electron chi connectivity index (χ1n) is 10.9. The number of carbonyl (C=O) groups is 3. The second-order valence-electron chi connectivity index (χ2n) is 7.50. The van der Waals surface area contributed by atoms with Crippen LogP contribution in [0.15, 0.2) is 23.4 Å². The number of esters is 2. The summed E-state index contributed by atoms with van der Waals surface area (Å²) < 4.78 is 17.4. The molecule has 1 atom stereocenters. The Morgan fingerprint density at radius 1 is 1.16 bits per heavy atom. The van der Waals surface area contributed by atoms with Gasteiger partial charge >= 0.3 is 11.9 Å². The molecule has 0 saturated carbocycles. The number of carbonyl (C=O) groups excluding carboxylic acids is 3. The number of benzene rings is 1. The van der Waals surface area contributed by atoms with E-state index in [0.29, 0.717) is 38.9 Å². The third kappa shape index (κ3) is 6.56. The minimum Gasteiger partial charge on any atom is -0.481 e. The van der Waals surface area contributed by atoms with Crippen molar-refractivity contribution in [3.8, 4) is 5.75 Å². The fraction of sp³-hybridized carbons (Fsp3) is 0.348. The molecule has 198 valence electrons. The van der Waals surface area contributed by atoms with Crippen molar-refractivity contribution < 1.29 is 28.6 Å². The van der Waals surface area contributed by atoms with Gasteiger partial charge in [0.2, 0.25) is 5.91 Å². The summed E-state index contributed by atoms with van der Waals surface area (Å²) in [7, 11) is 2.46. The van der Waals surface area contributed by atoms with Gasteiger partial charge in [0.1, 0.15) is 15.6 Å². The van der Waals surface area contributed by atoms with Gasteiger partial charge in [-0.1, -0.05) is 35.0 Å². The number of hydrogen-bond acceptors (Lipinski definition) is 10. The molecule has 0 spiro atoms. The van der Waals surface area contributed by atoms with Crippen molar-refractivity contribution in [2.24, 2.45) is 0 Å². The topological polar surface area (TPSA) is 122 Å². The van der Waals surface area contributed by atoms with E-state index in [2.05, 4.69) is 15.5 Å². The molecule has 37 heavy (non-hydrogen) atoms. The van der Waals surface area contributed by atoms with Gasteiger partial charge in [0.25, 0.3) is 0 Å². The van der Waals surface area contributed by atoms with Gasteiger partial charge < -0.3 is 24.1 Å². The Kier molecular flexibility index (Phi) is 9.82. The summed E-state index contributed by atoms with van der Waals surface area (Å²) in [5.74, 6) is -0.698. The lowest BCUT2D eigenvalue weighted by Crippen LogP contribution is -2.17. The number of thiophene rings is 1. The van der Waals surface area contributed by atoms with Crippen molar-refractivity contribution in [3.63, 3.8) is 0 Å². The van der Waals surface area contributed by atoms with Crippen LogP contribution in [-0.4, -0.2) is 52.6 Å². The smallest absolute Gasteiger partial charge is 0.348 e. The van der Waals surface area contributed by atoms with Gasteiger partial charge in [-0.3, -0.25) is 4.79 Å². The van der Waals surface area contributed by atoms with Crippen molar-refractivity contribution in [1.82, 2.24) is 14.8 Å². The van der Waals surface area contributed by atoms with Gasteiger partial charge in [0.05, 0.1) is 30.6 Å². The number of amides is 1. The van der Waals surface area contributed by atoms with E-state index in [1.165, 1.54) is 26.0 Å². The highest BCUT2D eigenvalue weighted by Gasteiger charge is 2.27. The first-order valence-corrected chi connectivity index (χ1v) is 13.4. The summed E-state index contributed by atoms with van der Waals surface area (Å²) in [5, 5.41) is 12.7. The van der Waals surface area contributed by atoms with Crippen molar-refractivity contribution >= 4 is 69.1 Å². The highest BCUT2D eigenvalue weighted by atomic mass is 35.5. The number of nitrogens with one attached hydrogen (secondary N) is 1. The Morgan fingerprint density at radius 2 is 1.86 bits per heavy atom. The molecule has 0 bridgehead atoms. The number of ether oxygens (including phenoxy) is 3. The summed E-state index contributed by atoms with van der Waals surface area (Å²) in [6, 6.07) is 4.94. The van der Waals surface area contributed by atoms with E-state index in [-0.39, 0.29) is 21.2 Å². The fourth-order valence-electron chi connectivity index (χ4n) is 3.35. The molecule has 1 amide bonds. The molecule has 0 fully saturated rings. The lowest BCUT2D eigenvalue weighted by Gasteiger charge is -2.16. The summed E-state index contributed by atoms with van der Waals surface area (Å²) in [5.41, 5.74) is 0.480. The first-order chi connectivity index (χ1) is 17.6. The van der Waals surface area contributed by atoms with Crippen LogP contribution >= 0.6 is 46.3 Å². The molecule has 0 saturated heterocycles. The van der Waals surface area contributed by atoms with Crippen LogP contribution in [0.4, 0.5) is 5.00 Å². The quantitative estimate of drug-likeness (QED) is 0.245. The predicted octanol–water partition coefficient (Wildman–Crippen LogP) is 5.42. The van der Waals surface area contributed by atoms with E-state index in [1.54, 1.807) is 25.1 Å². The molecular formula is C23H24Cl2N4O6S2. The van der Waals surface area contributed by atoms with E-state index >= 15 is 0 Å². The van der Waals surface area contributed by atoms with Crippen LogP contribution in [-0.2, 0) is 20.8 Å². The van der Waals surface area contributed by atoms with Crippen LogP contribution < -0.4 is 10.1 Å². The minimum atomic E-state index is -0.669. The zero-order valence-electron chi connectivity index (χ0n) is 20.6. The molecule has 1 aromatic carbocycles. The molecular weight excluding hydrogens is 563 g/mol. The van der Waals surface area contributed by atoms with Crippen LogP contribution in [0.5, 0.6) is 5.75 Å². The molecule has 3 rings (SSSR count). The van der Waals surface area contributed by atoms with Gasteiger partial charge in [-0.25, -0.2) is 9.59 Å². The molecule has 0 radical (unpaired) electrons. The molecule has 2 heterocycles. The lowest BCUT2D eigenvalue weighted by atomic mass is 10.1. The Morgan fingerprint density at radius 3 is 2.49 bits per heavy atom. The number of thioether (sulfide) groups is 1. The summed E-state index contributed by atoms with van der Waals surface area (Å²) in [6.07, 6.45) is -0.484. The molecule has 14 heteroatoms. The third-order valence-corrected chi connectivity index (χ3v) is 7.80. The SMILES string of the molecule is CCn1c(SCC(=O)Nc2sc(C(=O)OC)c(C)c2C(=O)OC)nnc1C(C)Oc1ccc(Cl)cc1Cl. The van der Waals surface area contributed by atoms with Crippen molar-refractivity contribution in [1.29, 1.82) is 0 Å². The van der Waals surface area contributed by atoms with E-state index in [9.17, 15) is 14.4 Å². The number of hydrogen-bond donors (Lipinski definition) is 1. The maximum atomic E-state index is 12.8. The lowest BCUT2D eigenvalue weighted by molar-refractivity contribution is -0.113. The Labute approximate surface area is 231 Å². The standard InChI is InChI=1S/C23H24Cl2N4O6S2/c1-6-29-19(12(3)35-15-8-7-13(24)9-14(15)25)27-28-23(29)36-10-16(30)26-20-17(21(31)33-4)11(2)18(37-20)22(32)34-5/h7-9,12H,6,10H2,1-5H3,(H,26,30). The van der Waals surface area contributed by atoms with Gasteiger partial charge in [-0.15, -0.1) is 21.5 Å². The largest absolute Gasteiger partial charge is 0.481 e. The summed E-state index contributed by atoms with van der Waals surface area (Å²) >= 11 is 14.3. The monoisotopic (exact) mass is 586 g/mol. The number of methoxy groups -OCH3 is 2. The first kappa shape index (κ1) is 28.8. The molecule has 0 aliphatic heterocycles. The molecule has 1 unspecified atom stereocenters. The molecule has 2 aromatic heterocycles. The Bertz CT molecular complexity index is 1330. The second kappa shape index (κ2) is 12.6. The highest BCUT2D eigenvalue weighted by Crippen LogP contribution is 2.35. The normalized spacial score (nSPS) is 11.6. The van der Waals surface area contributed by atoms with Crippen LogP contribution in [0.1, 0.15) is 51.4 Å². The molecule has 1 N–H and O–H groups in total. The second-order valence-corrected chi connectivity index (χ2v) is 10.3. The van der Waals surface area contributed by atoms with Crippen molar-refractivity contribution in [3.05, 3.63) is 50.1 Å². The number of rotatable bonds is 10. The number of anilines is 1. The maximum absolute atomic E-state index is 12.8. The predicted molar refractivity (Wildman–Crippen MR) is 142 cm³/mol. The van der Waals surface area contributed by atoms with E-state index in [1.807, 2.05) is 18.4 Å². The van der Waals surface area contributed by atoms with Gasteiger partial charge in [0, 0.05) is 11.6 Å². The van der Waals surface area contributed by atoms with Crippen molar-refractivity contribution in [2.75, 3.05) is 25.3 Å². The minimum absolute atomic E-state index is 0.0263. The molecule has 0 aliphatic rings. The van der Waals surface area contributed by atoms with E-state index < -0.39 is 23.9 Å². The van der Waals surface area contributed by atoms with Crippen LogP contribution in [0.2, 0.25) is 10.0 Å². The number of halogens is 2. The summed E-state index contributed by atoms with van der Waals surface area (Å²) in [6.45, 7) is 5.86. The van der Waals surface area contributed by atoms with Crippen molar-refractivity contribution in [2.45, 2.75) is 38.6 Å². The zero-order chi connectivity index (χ0) is 27.3. The number of aromatic nitrogens is 3. The molecule has 0 aliphatic carbocycles. The van der Waals surface area contributed by atoms with E-state index in [0.717, 1.165) is 11.3 Å². The van der Waals surface area contributed by atoms with Gasteiger partial charge in [-0.2, -0.15) is 0 Å². The Balaban J connectivity index is 1.73. The fourth-order valence-corrected chi connectivity index (χ4v) is 5.74. The number of nitrogens with zero attached hydrogens (tertiary/aromatic N) is 3. The average Bonchev–Trinajstić information content (AvgIpc) is 3.43. The van der Waals surface area contributed by atoms with E-state index in [4.69, 9.17) is 37.4 Å². The van der Waals surface area contributed by atoms with Crippen LogP contribution in [0, 0.1) is 6.92 Å². The van der Waals surface area contributed by atoms with Gasteiger partial charge in [-0.05, 0) is 44.5 Å². The third-order valence-electron chi connectivity index (χ3n) is 5.12. The molecule has 10 nitrogen and oxygen atoms in total. The Hall–Kier alpha value is -2.80. The van der Waals surface area contributed by atoms with Crippen LogP contribution in [0.25, 0.3) is 0 Å².